The first kappa shape index (κ1) is 28.8. The molecule has 24 heavy (non-hydrogen) atoms. The molecule has 0 radical (unpaired) electrons. The molecule has 4 rings (SSSR count). The molecule has 0 heterocycles. The number of halogens is 2. The topological polar surface area (TPSA) is 0 Å². The van der Waals surface area contributed by atoms with E-state index in [0.29, 0.717) is 0 Å². The summed E-state index contributed by atoms with van der Waals surface area (Å²) < 4.78 is 0. The largest absolute Gasteiger partial charge is 0.127 e. The van der Waals surface area contributed by atoms with Crippen LogP contribution in [0.1, 0.15) is 69.2 Å². The van der Waals surface area contributed by atoms with Crippen LogP contribution in [0.4, 0.5) is 0 Å². The van der Waals surface area contributed by atoms with Gasteiger partial charge in [0.05, 0.1) is 0 Å². The molecule has 0 spiro atoms. The fourth-order valence-corrected chi connectivity index (χ4v) is 5.07. The Bertz CT molecular complexity index is 361. The number of hydrogen-bond donors (Lipinski definition) is 0. The molecule has 0 amide bonds. The average Bonchev–Trinajstić information content (AvgIpc) is 3.19. The normalized spacial score (nSPS) is 35.4. The van der Waals surface area contributed by atoms with Crippen LogP contribution >= 0.6 is 23.2 Å². The first-order valence-corrected chi connectivity index (χ1v) is 8.85. The second-order valence-corrected chi connectivity index (χ2v) is 7.40. The van der Waals surface area contributed by atoms with Crippen LogP contribution in [0.15, 0.2) is 24.3 Å². The van der Waals surface area contributed by atoms with Crippen molar-refractivity contribution in [3.05, 3.63) is 24.3 Å². The highest BCUT2D eigenvalue weighted by atomic mass is 35.5. The Kier molecular flexibility index (Phi) is 16.0. The molecule has 0 aliphatic heterocycles. The van der Waals surface area contributed by atoms with Crippen LogP contribution in [-0.2, 0) is 0 Å². The van der Waals surface area contributed by atoms with Gasteiger partial charge in [0, 0.05) is 11.8 Å². The third kappa shape index (κ3) is 6.41. The maximum Gasteiger partial charge on any atom is 0.0257 e. The summed E-state index contributed by atoms with van der Waals surface area (Å²) in [5.74, 6) is 6.98. The van der Waals surface area contributed by atoms with Crippen molar-refractivity contribution in [1.82, 2.24) is 0 Å². The molecule has 0 aromatic heterocycles. The lowest BCUT2D eigenvalue weighted by Gasteiger charge is -2.15. The van der Waals surface area contributed by atoms with Crippen LogP contribution in [0.25, 0.3) is 0 Å². The molecule has 4 aliphatic carbocycles. The predicted molar refractivity (Wildman–Crippen MR) is 117 cm³/mol. The maximum atomic E-state index is 5.77. The van der Waals surface area contributed by atoms with Crippen LogP contribution in [0, 0.1) is 35.5 Å². The Hall–Kier alpha value is 0.0600. The van der Waals surface area contributed by atoms with Crippen molar-refractivity contribution < 1.29 is 0 Å². The van der Waals surface area contributed by atoms with Gasteiger partial charge in [-0.15, -0.1) is 23.2 Å². The maximum absolute atomic E-state index is 5.77. The minimum absolute atomic E-state index is 0. The second kappa shape index (κ2) is 13.3. The van der Waals surface area contributed by atoms with E-state index in [4.69, 9.17) is 23.2 Å². The van der Waals surface area contributed by atoms with Crippen molar-refractivity contribution in [3.8, 4) is 0 Å². The molecular formula is C22H44Cl2. The van der Waals surface area contributed by atoms with Gasteiger partial charge in [-0.3, -0.25) is 0 Å². The monoisotopic (exact) mass is 378 g/mol. The summed E-state index contributed by atoms with van der Waals surface area (Å²) >= 11 is 11.5. The molecule has 2 fully saturated rings. The molecule has 0 N–H and O–H groups in total. The Morgan fingerprint density at radius 1 is 0.625 bits per heavy atom. The number of fused-ring (bicyclic) bond motifs is 4. The Balaban J connectivity index is -0.000000305. The Morgan fingerprint density at radius 2 is 1.08 bits per heavy atom. The second-order valence-electron chi connectivity index (χ2n) is 6.71. The van der Waals surface area contributed by atoms with Crippen molar-refractivity contribution >= 4 is 23.2 Å². The lowest BCUT2D eigenvalue weighted by atomic mass is 9.91. The molecule has 6 unspecified atom stereocenters. The summed E-state index contributed by atoms with van der Waals surface area (Å²) in [6, 6.07) is 0. The van der Waals surface area contributed by atoms with Gasteiger partial charge >= 0.3 is 0 Å². The third-order valence-electron chi connectivity index (χ3n) is 5.51. The van der Waals surface area contributed by atoms with Crippen LogP contribution < -0.4 is 0 Å². The van der Waals surface area contributed by atoms with Gasteiger partial charge in [-0.25, -0.2) is 0 Å². The lowest BCUT2D eigenvalue weighted by Crippen LogP contribution is -2.07. The molecule has 0 aromatic carbocycles. The van der Waals surface area contributed by atoms with Crippen LogP contribution in [0.5, 0.6) is 0 Å². The van der Waals surface area contributed by atoms with E-state index < -0.39 is 0 Å². The average molecular weight is 380 g/mol. The first-order valence-electron chi connectivity index (χ1n) is 7.78. The molecular weight excluding hydrogens is 335 g/mol. The summed E-state index contributed by atoms with van der Waals surface area (Å²) in [7, 11) is 0. The zero-order chi connectivity index (χ0) is 13.2. The van der Waals surface area contributed by atoms with Crippen LogP contribution in [0.3, 0.4) is 0 Å². The number of allylic oxidation sites excluding steroid dienone is 4. The van der Waals surface area contributed by atoms with Crippen molar-refractivity contribution in [2.75, 3.05) is 11.8 Å². The van der Waals surface area contributed by atoms with Gasteiger partial charge in [0.15, 0.2) is 0 Å². The van der Waals surface area contributed by atoms with E-state index in [-0.39, 0.29) is 37.1 Å². The smallest absolute Gasteiger partial charge is 0.0257 e. The van der Waals surface area contributed by atoms with E-state index in [0.717, 1.165) is 47.3 Å². The molecule has 4 bridgehead atoms. The molecule has 0 nitrogen and oxygen atoms in total. The van der Waals surface area contributed by atoms with Gasteiger partial charge in [-0.2, -0.15) is 0 Å². The van der Waals surface area contributed by atoms with Crippen molar-refractivity contribution in [1.29, 1.82) is 0 Å². The van der Waals surface area contributed by atoms with Gasteiger partial charge in [0.1, 0.15) is 0 Å². The van der Waals surface area contributed by atoms with Crippen LogP contribution in [-0.4, -0.2) is 11.8 Å². The molecule has 0 aromatic rings. The number of rotatable bonds is 3. The molecule has 0 saturated heterocycles. The number of hydrogen-bond acceptors (Lipinski definition) is 0. The highest BCUT2D eigenvalue weighted by Gasteiger charge is 2.35. The lowest BCUT2D eigenvalue weighted by molar-refractivity contribution is 0.436. The quantitative estimate of drug-likeness (QED) is 0.341. The van der Waals surface area contributed by atoms with Crippen molar-refractivity contribution in [2.45, 2.75) is 69.2 Å². The van der Waals surface area contributed by atoms with E-state index in [1.54, 1.807) is 0 Å². The van der Waals surface area contributed by atoms with Crippen LogP contribution in [0.2, 0.25) is 0 Å². The zero-order valence-corrected chi connectivity index (χ0v) is 13.0. The van der Waals surface area contributed by atoms with Gasteiger partial charge in [-0.1, -0.05) is 61.4 Å². The van der Waals surface area contributed by atoms with E-state index in [9.17, 15) is 0 Å². The van der Waals surface area contributed by atoms with Crippen molar-refractivity contribution in [2.24, 2.45) is 35.5 Å². The highest BCUT2D eigenvalue weighted by molar-refractivity contribution is 6.18. The van der Waals surface area contributed by atoms with Gasteiger partial charge in [0.2, 0.25) is 0 Å². The van der Waals surface area contributed by atoms with E-state index in [1.807, 2.05) is 0 Å². The summed E-state index contributed by atoms with van der Waals surface area (Å²) in [5, 5.41) is 0. The predicted octanol–water partition coefficient (Wildman–Crippen LogP) is 8.45. The number of alkyl halides is 2. The van der Waals surface area contributed by atoms with Gasteiger partial charge in [0.25, 0.3) is 0 Å². The Morgan fingerprint density at radius 3 is 1.33 bits per heavy atom. The summed E-state index contributed by atoms with van der Waals surface area (Å²) in [4.78, 5) is 0. The van der Waals surface area contributed by atoms with E-state index in [2.05, 4.69) is 24.3 Å². The summed E-state index contributed by atoms with van der Waals surface area (Å²) in [6.45, 7) is 0. The fourth-order valence-electron chi connectivity index (χ4n) is 4.44. The van der Waals surface area contributed by atoms with Gasteiger partial charge in [-0.05, 0) is 67.6 Å². The molecule has 2 heteroatoms. The molecule has 2 saturated carbocycles. The van der Waals surface area contributed by atoms with E-state index >= 15 is 0 Å². The minimum atomic E-state index is 0. The highest BCUT2D eigenvalue weighted by Crippen LogP contribution is 2.45. The third-order valence-corrected chi connectivity index (χ3v) is 6.13. The Labute approximate surface area is 164 Å². The fraction of sp³-hybridized carbons (Fsp3) is 0.818. The van der Waals surface area contributed by atoms with Crippen molar-refractivity contribution in [3.63, 3.8) is 0 Å². The first-order chi connectivity index (χ1) is 9.30. The summed E-state index contributed by atoms with van der Waals surface area (Å²) in [6.07, 6.45) is 16.3. The zero-order valence-electron chi connectivity index (χ0n) is 11.5. The standard InChI is InChI=1S/C9H13Cl.C8H11Cl.5CH4/c10-4-3-9-6-7-1-2-8(9)5-7;9-5-8-4-6-1-2-7(8)3-6;;;;;/h1-2,7-9H,3-6H2;1-2,6-8H,3-5H2;5*1H4. The SMILES string of the molecule is C.C.C.C.C.ClCC1CC2C=CC1C2.ClCCC1CC2C=CC1C2. The molecule has 6 atom stereocenters. The summed E-state index contributed by atoms with van der Waals surface area (Å²) in [5.41, 5.74) is 0. The molecule has 4 aliphatic rings. The molecule has 146 valence electrons. The minimum Gasteiger partial charge on any atom is -0.127 e. The van der Waals surface area contributed by atoms with Gasteiger partial charge < -0.3 is 0 Å². The van der Waals surface area contributed by atoms with E-state index in [1.165, 1.54) is 32.1 Å².